The molecule has 1 heterocycles. The minimum absolute atomic E-state index is 0.308. The van der Waals surface area contributed by atoms with E-state index < -0.39 is 0 Å². The van der Waals surface area contributed by atoms with Crippen molar-refractivity contribution in [2.45, 2.75) is 25.8 Å². The molecule has 0 spiro atoms. The Morgan fingerprint density at radius 2 is 1.62 bits per heavy atom. The normalized spacial score (nSPS) is 12.4. The van der Waals surface area contributed by atoms with Gasteiger partial charge in [-0.05, 0) is 41.5 Å². The second-order valence-corrected chi connectivity index (χ2v) is 9.51. The number of imidazole rings is 1. The molecular weight excluding hydrogens is 510 g/mol. The van der Waals surface area contributed by atoms with Crippen LogP contribution >= 0.6 is 46.4 Å². The minimum atomic E-state index is -0.308. The van der Waals surface area contributed by atoms with Crippen LogP contribution in [0.25, 0.3) is 6.08 Å². The van der Waals surface area contributed by atoms with E-state index in [0.717, 1.165) is 17.7 Å². The Labute approximate surface area is 219 Å². The van der Waals surface area contributed by atoms with Crippen LogP contribution in [0.1, 0.15) is 22.8 Å². The number of halogens is 4. The quantitative estimate of drug-likeness (QED) is 0.199. The maximum absolute atomic E-state index is 6.52. The third kappa shape index (κ3) is 6.88. The highest BCUT2D eigenvalue weighted by Gasteiger charge is 2.20. The van der Waals surface area contributed by atoms with E-state index in [2.05, 4.69) is 33.4 Å². The maximum atomic E-state index is 6.52. The van der Waals surface area contributed by atoms with Crippen LogP contribution in [0.4, 0.5) is 0 Å². The molecule has 4 rings (SSSR count). The zero-order chi connectivity index (χ0) is 23.9. The third-order valence-electron chi connectivity index (χ3n) is 5.31. The van der Waals surface area contributed by atoms with E-state index in [-0.39, 0.29) is 6.10 Å². The van der Waals surface area contributed by atoms with Crippen molar-refractivity contribution in [2.75, 3.05) is 0 Å². The zero-order valence-corrected chi connectivity index (χ0v) is 21.3. The summed E-state index contributed by atoms with van der Waals surface area (Å²) in [4.78, 5) is 0. The summed E-state index contributed by atoms with van der Waals surface area (Å²) in [6.07, 6.45) is 10.0. The summed E-state index contributed by atoms with van der Waals surface area (Å²) < 4.78 is 10.5. The summed E-state index contributed by atoms with van der Waals surface area (Å²) in [6, 6.07) is 21.1. The van der Waals surface area contributed by atoms with E-state index in [4.69, 9.17) is 51.1 Å². The first-order valence-corrected chi connectivity index (χ1v) is 12.3. The molecule has 3 nitrogen and oxygen atoms in total. The molecule has 0 fully saturated rings. The first kappa shape index (κ1) is 24.8. The lowest BCUT2D eigenvalue weighted by Crippen LogP contribution is -2.30. The number of allylic oxidation sites excluding steroid dienone is 1. The molecule has 3 aromatic carbocycles. The number of ether oxygens (including phenoxy) is 1. The highest BCUT2D eigenvalue weighted by atomic mass is 35.5. The summed E-state index contributed by atoms with van der Waals surface area (Å²) in [5, 5.41) is 2.30. The van der Waals surface area contributed by atoms with Gasteiger partial charge in [-0.3, -0.25) is 0 Å². The number of rotatable bonds is 9. The van der Waals surface area contributed by atoms with Crippen molar-refractivity contribution in [2.24, 2.45) is 0 Å². The van der Waals surface area contributed by atoms with Crippen LogP contribution in [0, 0.1) is 0 Å². The van der Waals surface area contributed by atoms with E-state index in [1.54, 1.807) is 18.2 Å². The van der Waals surface area contributed by atoms with Crippen LogP contribution in [-0.4, -0.2) is 4.57 Å². The van der Waals surface area contributed by atoms with Crippen LogP contribution in [0.3, 0.4) is 0 Å². The topological polar surface area (TPSA) is 18.0 Å². The van der Waals surface area contributed by atoms with Gasteiger partial charge in [-0.15, -0.1) is 0 Å². The smallest absolute Gasteiger partial charge is 0.244 e. The maximum Gasteiger partial charge on any atom is 0.244 e. The van der Waals surface area contributed by atoms with Gasteiger partial charge in [0.25, 0.3) is 0 Å². The van der Waals surface area contributed by atoms with E-state index in [1.165, 1.54) is 5.56 Å². The lowest BCUT2D eigenvalue weighted by Gasteiger charge is -2.19. The van der Waals surface area contributed by atoms with Gasteiger partial charge in [0, 0.05) is 25.7 Å². The molecule has 4 aromatic rings. The van der Waals surface area contributed by atoms with Gasteiger partial charge in [-0.25, -0.2) is 9.13 Å². The van der Waals surface area contributed by atoms with Gasteiger partial charge in [0.15, 0.2) is 0 Å². The van der Waals surface area contributed by atoms with Gasteiger partial charge < -0.3 is 4.74 Å². The van der Waals surface area contributed by atoms with Gasteiger partial charge in [-0.2, -0.15) is 0 Å². The molecule has 1 aromatic heterocycles. The predicted molar refractivity (Wildman–Crippen MR) is 141 cm³/mol. The van der Waals surface area contributed by atoms with E-state index >= 15 is 0 Å². The van der Waals surface area contributed by atoms with Gasteiger partial charge in [0.2, 0.25) is 6.33 Å². The molecule has 7 heteroatoms. The van der Waals surface area contributed by atoms with Crippen LogP contribution in [0.15, 0.2) is 91.5 Å². The Kier molecular flexibility index (Phi) is 8.71. The lowest BCUT2D eigenvalue weighted by atomic mass is 10.1. The fourth-order valence-electron chi connectivity index (χ4n) is 3.55. The van der Waals surface area contributed by atoms with Crippen molar-refractivity contribution < 1.29 is 9.30 Å². The van der Waals surface area contributed by atoms with E-state index in [9.17, 15) is 0 Å². The summed E-state index contributed by atoms with van der Waals surface area (Å²) in [5.41, 5.74) is 2.89. The highest BCUT2D eigenvalue weighted by Crippen LogP contribution is 2.31. The zero-order valence-electron chi connectivity index (χ0n) is 18.3. The molecule has 0 radical (unpaired) electrons. The molecule has 34 heavy (non-hydrogen) atoms. The molecule has 174 valence electrons. The van der Waals surface area contributed by atoms with Crippen LogP contribution in [-0.2, 0) is 24.4 Å². The summed E-state index contributed by atoms with van der Waals surface area (Å²) in [6.45, 7) is 1.65. The molecule has 0 N–H and O–H groups in total. The van der Waals surface area contributed by atoms with Crippen molar-refractivity contribution in [3.8, 4) is 0 Å². The average Bonchev–Trinajstić information content (AvgIpc) is 3.26. The fraction of sp³-hybridized carbons (Fsp3) is 0.148. The second-order valence-electron chi connectivity index (χ2n) is 7.82. The van der Waals surface area contributed by atoms with Crippen LogP contribution in [0.5, 0.6) is 0 Å². The molecule has 1 atom stereocenters. The molecule has 0 aliphatic carbocycles. The van der Waals surface area contributed by atoms with E-state index in [0.29, 0.717) is 33.2 Å². The number of hydrogen-bond donors (Lipinski definition) is 0. The molecule has 0 saturated carbocycles. The third-order valence-corrected chi connectivity index (χ3v) is 6.46. The first-order valence-electron chi connectivity index (χ1n) is 10.7. The number of nitrogens with zero attached hydrogens (tertiary/aromatic N) is 2. The van der Waals surface area contributed by atoms with E-state index in [1.807, 2.05) is 55.1 Å². The molecule has 0 amide bonds. The Bertz CT molecular complexity index is 1270. The van der Waals surface area contributed by atoms with Crippen molar-refractivity contribution in [1.29, 1.82) is 0 Å². The Morgan fingerprint density at radius 1 is 0.882 bits per heavy atom. The van der Waals surface area contributed by atoms with Gasteiger partial charge in [0.05, 0.1) is 6.61 Å². The Morgan fingerprint density at radius 3 is 2.35 bits per heavy atom. The van der Waals surface area contributed by atoms with Crippen LogP contribution < -0.4 is 4.57 Å². The molecule has 0 bridgehead atoms. The number of benzene rings is 3. The molecule has 1 unspecified atom stereocenters. The predicted octanol–water partition coefficient (Wildman–Crippen LogP) is 8.06. The number of hydrogen-bond acceptors (Lipinski definition) is 1. The summed E-state index contributed by atoms with van der Waals surface area (Å²) >= 11 is 25.0. The molecule has 0 aliphatic rings. The van der Waals surface area contributed by atoms with Gasteiger partial charge in [0.1, 0.15) is 31.6 Å². The Balaban J connectivity index is 1.48. The highest BCUT2D eigenvalue weighted by molar-refractivity contribution is 6.35. The summed E-state index contributed by atoms with van der Waals surface area (Å²) in [7, 11) is 0. The SMILES string of the molecule is Clc1ccc(COC(Cn2cc[n+](C/C=C/c3ccccc3)c2)c2ccc(Cl)cc2Cl)c(Cl)c1. The molecule has 0 saturated heterocycles. The van der Waals surface area contributed by atoms with Crippen molar-refractivity contribution in [3.05, 3.63) is 128 Å². The van der Waals surface area contributed by atoms with Gasteiger partial charge in [-0.1, -0.05) is 94.9 Å². The lowest BCUT2D eigenvalue weighted by molar-refractivity contribution is -0.686. The molecular formula is C27H23Cl4N2O+. The van der Waals surface area contributed by atoms with Crippen molar-refractivity contribution in [3.63, 3.8) is 0 Å². The second kappa shape index (κ2) is 11.9. The average molecular weight is 533 g/mol. The monoisotopic (exact) mass is 531 g/mol. The largest absolute Gasteiger partial charge is 0.365 e. The standard InChI is InChI=1S/C27H23Cl4N2O/c28-22-9-8-21(25(30)15-22)18-34-27(24-11-10-23(29)16-26(24)31)17-33-14-13-32(19-33)12-4-7-20-5-2-1-3-6-20/h1-11,13-16,19,27H,12,17-18H2/q+1/b7-4+. The first-order chi connectivity index (χ1) is 16.5. The number of aromatic nitrogens is 2. The van der Waals surface area contributed by atoms with Crippen molar-refractivity contribution >= 4 is 52.5 Å². The minimum Gasteiger partial charge on any atom is -0.365 e. The molecule has 0 aliphatic heterocycles. The summed E-state index contributed by atoms with van der Waals surface area (Å²) in [5.74, 6) is 0. The van der Waals surface area contributed by atoms with Crippen LogP contribution in [0.2, 0.25) is 20.1 Å². The Hall–Kier alpha value is -2.27. The van der Waals surface area contributed by atoms with Gasteiger partial charge >= 0.3 is 0 Å². The fourth-order valence-corrected chi connectivity index (χ4v) is 4.55. The van der Waals surface area contributed by atoms with Crippen molar-refractivity contribution in [1.82, 2.24) is 4.57 Å².